The molecule has 1 heterocycles. The van der Waals surface area contributed by atoms with Crippen LogP contribution in [0.1, 0.15) is 38.8 Å². The molecule has 3 rings (SSSR count). The third-order valence-corrected chi connectivity index (χ3v) is 5.24. The van der Waals surface area contributed by atoms with Crippen molar-refractivity contribution in [1.82, 2.24) is 0 Å². The van der Waals surface area contributed by atoms with Gasteiger partial charge in [0.1, 0.15) is 5.75 Å². The summed E-state index contributed by atoms with van der Waals surface area (Å²) >= 11 is 0. The molecular weight excluding hydrogens is 337 g/mol. The van der Waals surface area contributed by atoms with E-state index in [1.807, 2.05) is 27.7 Å². The van der Waals surface area contributed by atoms with Gasteiger partial charge in [-0.05, 0) is 45.3 Å². The van der Waals surface area contributed by atoms with Gasteiger partial charge in [0.25, 0.3) is 0 Å². The van der Waals surface area contributed by atoms with Crippen LogP contribution in [0.4, 0.5) is 8.78 Å². The van der Waals surface area contributed by atoms with Crippen LogP contribution >= 0.6 is 0 Å². The van der Waals surface area contributed by atoms with E-state index in [-0.39, 0.29) is 16.9 Å². The van der Waals surface area contributed by atoms with Crippen LogP contribution in [0.2, 0.25) is 0 Å². The molecule has 0 amide bonds. The highest BCUT2D eigenvalue weighted by Gasteiger charge is 2.51. The molecule has 0 aromatic heterocycles. The van der Waals surface area contributed by atoms with Gasteiger partial charge in [0.15, 0.2) is 0 Å². The summed E-state index contributed by atoms with van der Waals surface area (Å²) in [5.74, 6) is -3.01. The summed E-state index contributed by atoms with van der Waals surface area (Å²) in [6, 6.07) is 12.2. The van der Waals surface area contributed by atoms with E-state index in [1.165, 1.54) is 31.4 Å². The van der Waals surface area contributed by atoms with E-state index in [2.05, 4.69) is 0 Å². The Kier molecular flexibility index (Phi) is 4.61. The molecule has 2 aromatic rings. The maximum Gasteiger partial charge on any atom is 0.494 e. The molecule has 1 aliphatic rings. The van der Waals surface area contributed by atoms with E-state index in [0.29, 0.717) is 5.46 Å². The van der Waals surface area contributed by atoms with E-state index in [9.17, 15) is 8.78 Å². The Morgan fingerprint density at radius 1 is 0.885 bits per heavy atom. The molecule has 0 radical (unpaired) electrons. The van der Waals surface area contributed by atoms with Crippen molar-refractivity contribution < 1.29 is 22.8 Å². The van der Waals surface area contributed by atoms with E-state index in [4.69, 9.17) is 14.0 Å². The Morgan fingerprint density at radius 2 is 1.42 bits per heavy atom. The first kappa shape index (κ1) is 18.9. The minimum atomic E-state index is -3.17. The van der Waals surface area contributed by atoms with Crippen LogP contribution in [-0.2, 0) is 15.2 Å². The first-order valence-corrected chi connectivity index (χ1v) is 8.56. The van der Waals surface area contributed by atoms with Gasteiger partial charge in [-0.15, -0.1) is 0 Å². The number of benzene rings is 2. The molecule has 0 aliphatic carbocycles. The van der Waals surface area contributed by atoms with Crippen molar-refractivity contribution in [1.29, 1.82) is 0 Å². The summed E-state index contributed by atoms with van der Waals surface area (Å²) in [5, 5.41) is 0. The molecule has 0 atom stereocenters. The van der Waals surface area contributed by atoms with E-state index in [0.717, 1.165) is 0 Å². The second kappa shape index (κ2) is 6.36. The molecular formula is C20H23BF2O3. The lowest BCUT2D eigenvalue weighted by atomic mass is 9.78. The summed E-state index contributed by atoms with van der Waals surface area (Å²) in [4.78, 5) is 0. The third kappa shape index (κ3) is 3.12. The predicted octanol–water partition coefficient (Wildman–Crippen LogP) is 4.13. The molecule has 3 nitrogen and oxygen atoms in total. The van der Waals surface area contributed by atoms with Crippen molar-refractivity contribution in [2.45, 2.75) is 44.8 Å². The van der Waals surface area contributed by atoms with Crippen LogP contribution in [0, 0.1) is 0 Å². The van der Waals surface area contributed by atoms with Crippen molar-refractivity contribution in [3.63, 3.8) is 0 Å². The summed E-state index contributed by atoms with van der Waals surface area (Å²) in [6.45, 7) is 7.82. The van der Waals surface area contributed by atoms with Crippen molar-refractivity contribution in [2.24, 2.45) is 0 Å². The number of ether oxygens (including phenoxy) is 1. The molecule has 0 unspecified atom stereocenters. The number of rotatable bonds is 4. The third-order valence-electron chi connectivity index (χ3n) is 5.24. The zero-order chi connectivity index (χ0) is 19.2. The standard InChI is InChI=1S/C20H23BF2O3/c1-18(2)19(3,4)26-21(25-18)15-12-10-14(11-13-15)20(22,23)16-8-6-7-9-17(16)24-5/h6-13H,1-5H3. The normalized spacial score (nSPS) is 18.8. The fourth-order valence-corrected chi connectivity index (χ4v) is 2.89. The Morgan fingerprint density at radius 3 is 1.96 bits per heavy atom. The quantitative estimate of drug-likeness (QED) is 0.768. The second-order valence-corrected chi connectivity index (χ2v) is 7.48. The van der Waals surface area contributed by atoms with Gasteiger partial charge < -0.3 is 14.0 Å². The Bertz CT molecular complexity index is 772. The number of halogens is 2. The smallest absolute Gasteiger partial charge is 0.494 e. The number of para-hydroxylation sites is 1. The molecule has 1 saturated heterocycles. The van der Waals surface area contributed by atoms with Gasteiger partial charge in [0.2, 0.25) is 0 Å². The molecule has 1 fully saturated rings. The number of hydrogen-bond donors (Lipinski definition) is 0. The fraction of sp³-hybridized carbons (Fsp3) is 0.400. The van der Waals surface area contributed by atoms with Crippen LogP contribution < -0.4 is 10.2 Å². The van der Waals surface area contributed by atoms with Crippen molar-refractivity contribution in [3.05, 3.63) is 59.7 Å². The summed E-state index contributed by atoms with van der Waals surface area (Å²) in [7, 11) is 0.810. The minimum Gasteiger partial charge on any atom is -0.496 e. The molecule has 0 bridgehead atoms. The van der Waals surface area contributed by atoms with Gasteiger partial charge in [0.05, 0.1) is 23.9 Å². The lowest BCUT2D eigenvalue weighted by Crippen LogP contribution is -2.41. The van der Waals surface area contributed by atoms with Gasteiger partial charge in [-0.3, -0.25) is 0 Å². The molecule has 1 aliphatic heterocycles. The second-order valence-electron chi connectivity index (χ2n) is 7.48. The molecule has 2 aromatic carbocycles. The van der Waals surface area contributed by atoms with Gasteiger partial charge in [-0.1, -0.05) is 36.4 Å². The van der Waals surface area contributed by atoms with Gasteiger partial charge in [0, 0.05) is 5.56 Å². The Balaban J connectivity index is 1.88. The largest absolute Gasteiger partial charge is 0.496 e. The summed E-state index contributed by atoms with van der Waals surface area (Å²) < 4.78 is 46.9. The topological polar surface area (TPSA) is 27.7 Å². The highest BCUT2D eigenvalue weighted by molar-refractivity contribution is 6.62. The van der Waals surface area contributed by atoms with Crippen LogP contribution in [0.25, 0.3) is 0 Å². The van der Waals surface area contributed by atoms with E-state index in [1.54, 1.807) is 24.3 Å². The van der Waals surface area contributed by atoms with Crippen LogP contribution in [0.15, 0.2) is 48.5 Å². The molecule has 138 valence electrons. The van der Waals surface area contributed by atoms with Crippen LogP contribution in [0.3, 0.4) is 0 Å². The molecule has 6 heteroatoms. The summed E-state index contributed by atoms with van der Waals surface area (Å²) in [6.07, 6.45) is 0. The van der Waals surface area contributed by atoms with Gasteiger partial charge >= 0.3 is 13.0 Å². The monoisotopic (exact) mass is 360 g/mol. The van der Waals surface area contributed by atoms with Crippen LogP contribution in [-0.4, -0.2) is 25.4 Å². The SMILES string of the molecule is COc1ccccc1C(F)(F)c1ccc(B2OC(C)(C)C(C)(C)O2)cc1. The number of alkyl halides is 2. The van der Waals surface area contributed by atoms with Gasteiger partial charge in [-0.2, -0.15) is 8.78 Å². The average molecular weight is 360 g/mol. The molecule has 0 N–H and O–H groups in total. The lowest BCUT2D eigenvalue weighted by Gasteiger charge is -2.32. The highest BCUT2D eigenvalue weighted by atomic mass is 19.3. The highest BCUT2D eigenvalue weighted by Crippen LogP contribution is 2.40. The average Bonchev–Trinajstić information content (AvgIpc) is 2.82. The minimum absolute atomic E-state index is 0.109. The molecule has 0 saturated carbocycles. The molecule has 0 spiro atoms. The van der Waals surface area contributed by atoms with Crippen molar-refractivity contribution in [3.8, 4) is 5.75 Å². The maximum atomic E-state index is 14.9. The number of methoxy groups -OCH3 is 1. The van der Waals surface area contributed by atoms with Crippen molar-refractivity contribution >= 4 is 12.6 Å². The Hall–Kier alpha value is -1.92. The zero-order valence-corrected chi connectivity index (χ0v) is 15.7. The predicted molar refractivity (Wildman–Crippen MR) is 98.1 cm³/mol. The first-order chi connectivity index (χ1) is 12.1. The number of hydrogen-bond acceptors (Lipinski definition) is 3. The first-order valence-electron chi connectivity index (χ1n) is 8.56. The Labute approximate surface area is 153 Å². The maximum absolute atomic E-state index is 14.9. The molecule has 26 heavy (non-hydrogen) atoms. The van der Waals surface area contributed by atoms with Crippen LogP contribution in [0.5, 0.6) is 5.75 Å². The van der Waals surface area contributed by atoms with Gasteiger partial charge in [-0.25, -0.2) is 0 Å². The summed E-state index contributed by atoms with van der Waals surface area (Å²) in [5.41, 5.74) is -0.508. The zero-order valence-electron chi connectivity index (χ0n) is 15.7. The fourth-order valence-electron chi connectivity index (χ4n) is 2.89. The van der Waals surface area contributed by atoms with Crippen molar-refractivity contribution in [2.75, 3.05) is 7.11 Å². The van der Waals surface area contributed by atoms with E-state index < -0.39 is 24.2 Å². The van der Waals surface area contributed by atoms with E-state index >= 15 is 0 Å². The lowest BCUT2D eigenvalue weighted by molar-refractivity contribution is 0.00578.